The summed E-state index contributed by atoms with van der Waals surface area (Å²) in [5, 5.41) is 3.16. The van der Waals surface area contributed by atoms with E-state index < -0.39 is 17.9 Å². The van der Waals surface area contributed by atoms with E-state index in [2.05, 4.69) is 5.32 Å². The number of ether oxygens (including phenoxy) is 1. The second-order valence-electron chi connectivity index (χ2n) is 9.18. The highest BCUT2D eigenvalue weighted by atomic mass is 19.1. The first-order valence-electron chi connectivity index (χ1n) is 12.3. The van der Waals surface area contributed by atoms with Crippen LogP contribution in [0.4, 0.5) is 14.9 Å². The molecule has 7 nitrogen and oxygen atoms in total. The van der Waals surface area contributed by atoms with Crippen molar-refractivity contribution in [1.82, 2.24) is 14.5 Å². The van der Waals surface area contributed by atoms with Crippen molar-refractivity contribution >= 4 is 22.6 Å². The van der Waals surface area contributed by atoms with Crippen molar-refractivity contribution in [3.63, 3.8) is 0 Å². The summed E-state index contributed by atoms with van der Waals surface area (Å²) in [5.74, 6) is 0.486. The highest BCUT2D eigenvalue weighted by Gasteiger charge is 2.30. The zero-order chi connectivity index (χ0) is 26.5. The van der Waals surface area contributed by atoms with Gasteiger partial charge in [-0.2, -0.15) is 0 Å². The van der Waals surface area contributed by atoms with Crippen molar-refractivity contribution in [3.05, 3.63) is 94.8 Å². The maximum atomic E-state index is 14.4. The Morgan fingerprint density at radius 1 is 1.05 bits per heavy atom. The lowest BCUT2D eigenvalue weighted by atomic mass is 10.1. The average molecular weight is 503 g/mol. The number of urea groups is 1. The van der Waals surface area contributed by atoms with Crippen molar-refractivity contribution in [3.8, 4) is 11.4 Å². The van der Waals surface area contributed by atoms with E-state index in [1.165, 1.54) is 16.7 Å². The molecule has 1 aromatic heterocycles. The number of aromatic nitrogens is 2. The lowest BCUT2D eigenvalue weighted by molar-refractivity contribution is 0.171. The number of nitrogens with one attached hydrogen (secondary N) is 1. The quantitative estimate of drug-likeness (QED) is 0.312. The largest absolute Gasteiger partial charge is 0.495 e. The third kappa shape index (κ3) is 5.33. The van der Waals surface area contributed by atoms with Gasteiger partial charge in [-0.05, 0) is 48.7 Å². The van der Waals surface area contributed by atoms with Crippen LogP contribution in [0.1, 0.15) is 39.1 Å². The number of nitrogens with zero attached hydrogens (tertiary/aromatic N) is 3. The van der Waals surface area contributed by atoms with E-state index >= 15 is 0 Å². The van der Waals surface area contributed by atoms with Gasteiger partial charge in [-0.1, -0.05) is 57.2 Å². The molecule has 8 heteroatoms. The van der Waals surface area contributed by atoms with Crippen molar-refractivity contribution < 1.29 is 13.9 Å². The topological polar surface area (TPSA) is 76.5 Å². The predicted molar refractivity (Wildman–Crippen MR) is 144 cm³/mol. The monoisotopic (exact) mass is 502 g/mol. The number of carbonyl (C=O) groups is 1. The van der Waals surface area contributed by atoms with Gasteiger partial charge in [0, 0.05) is 6.54 Å². The standard InChI is InChI=1S/C29H31FN4O3/c1-5-24(33(18-19(2)3)29(36)32-23-15-9-7-13-21(23)30)27-31-22-14-8-6-12-20(22)28(35)34(27)25-16-10-11-17-26(25)37-4/h6-17,19,24H,5,18H2,1-4H3,(H,32,36). The van der Waals surface area contributed by atoms with Crippen LogP contribution in [0.3, 0.4) is 0 Å². The first-order chi connectivity index (χ1) is 17.8. The minimum absolute atomic E-state index is 0.0877. The summed E-state index contributed by atoms with van der Waals surface area (Å²) in [5.41, 5.74) is 0.888. The van der Waals surface area contributed by atoms with Gasteiger partial charge in [-0.25, -0.2) is 14.2 Å². The molecule has 0 aliphatic rings. The Hall–Kier alpha value is -4.20. The van der Waals surface area contributed by atoms with E-state index in [0.29, 0.717) is 41.1 Å². The maximum Gasteiger partial charge on any atom is 0.322 e. The van der Waals surface area contributed by atoms with Crippen LogP contribution in [0.5, 0.6) is 5.75 Å². The Morgan fingerprint density at radius 3 is 2.43 bits per heavy atom. The Bertz CT molecular complexity index is 1470. The second kappa shape index (κ2) is 11.2. The van der Waals surface area contributed by atoms with Gasteiger partial charge >= 0.3 is 6.03 Å². The summed E-state index contributed by atoms with van der Waals surface area (Å²) in [6, 6.07) is 19.3. The molecule has 1 atom stereocenters. The molecule has 0 aliphatic heterocycles. The van der Waals surface area contributed by atoms with Crippen molar-refractivity contribution in [1.29, 1.82) is 0 Å². The molecule has 0 saturated carbocycles. The highest BCUT2D eigenvalue weighted by molar-refractivity contribution is 5.89. The number of para-hydroxylation sites is 4. The molecular formula is C29H31FN4O3. The number of anilines is 1. The summed E-state index contributed by atoms with van der Waals surface area (Å²) in [4.78, 5) is 34.0. The van der Waals surface area contributed by atoms with Gasteiger partial charge in [-0.15, -0.1) is 0 Å². The highest BCUT2D eigenvalue weighted by Crippen LogP contribution is 2.30. The molecule has 0 bridgehead atoms. The molecule has 0 radical (unpaired) electrons. The van der Waals surface area contributed by atoms with Crippen molar-refractivity contribution in [2.75, 3.05) is 19.0 Å². The minimum atomic E-state index is -0.587. The Labute approximate surface area is 215 Å². The normalized spacial score (nSPS) is 11.9. The van der Waals surface area contributed by atoms with Crippen LogP contribution < -0.4 is 15.6 Å². The van der Waals surface area contributed by atoms with E-state index in [9.17, 15) is 14.0 Å². The molecule has 4 aromatic rings. The first kappa shape index (κ1) is 25.9. The number of rotatable bonds is 8. The van der Waals surface area contributed by atoms with E-state index in [0.717, 1.165) is 0 Å². The summed E-state index contributed by atoms with van der Waals surface area (Å²) in [7, 11) is 1.54. The summed E-state index contributed by atoms with van der Waals surface area (Å²) < 4.78 is 21.5. The van der Waals surface area contributed by atoms with Gasteiger partial charge in [-0.3, -0.25) is 9.36 Å². The molecule has 37 heavy (non-hydrogen) atoms. The summed E-state index contributed by atoms with van der Waals surface area (Å²) >= 11 is 0. The Kier molecular flexibility index (Phi) is 7.86. The average Bonchev–Trinajstić information content (AvgIpc) is 2.90. The van der Waals surface area contributed by atoms with Gasteiger partial charge in [0.05, 0.1) is 35.4 Å². The molecule has 192 valence electrons. The number of methoxy groups -OCH3 is 1. The zero-order valence-corrected chi connectivity index (χ0v) is 21.4. The molecule has 1 N–H and O–H groups in total. The van der Waals surface area contributed by atoms with Crippen LogP contribution in [0.25, 0.3) is 16.6 Å². The van der Waals surface area contributed by atoms with Crippen LogP contribution in [0, 0.1) is 11.7 Å². The van der Waals surface area contributed by atoms with Crippen LogP contribution >= 0.6 is 0 Å². The smallest absolute Gasteiger partial charge is 0.322 e. The maximum absolute atomic E-state index is 14.4. The van der Waals surface area contributed by atoms with Crippen LogP contribution in [-0.2, 0) is 0 Å². The van der Waals surface area contributed by atoms with E-state index in [4.69, 9.17) is 9.72 Å². The fourth-order valence-corrected chi connectivity index (χ4v) is 4.46. The Balaban J connectivity index is 1.92. The number of hydrogen-bond acceptors (Lipinski definition) is 4. The number of hydrogen-bond donors (Lipinski definition) is 1. The third-order valence-corrected chi connectivity index (χ3v) is 6.13. The van der Waals surface area contributed by atoms with Crippen LogP contribution in [-0.4, -0.2) is 34.1 Å². The second-order valence-corrected chi connectivity index (χ2v) is 9.18. The molecule has 0 fully saturated rings. The fraction of sp³-hybridized carbons (Fsp3) is 0.276. The minimum Gasteiger partial charge on any atom is -0.495 e. The number of amides is 2. The number of carbonyl (C=O) groups excluding carboxylic acids is 1. The third-order valence-electron chi connectivity index (χ3n) is 6.13. The lowest BCUT2D eigenvalue weighted by Crippen LogP contribution is -2.42. The van der Waals surface area contributed by atoms with Crippen LogP contribution in [0.2, 0.25) is 0 Å². The molecule has 1 unspecified atom stereocenters. The predicted octanol–water partition coefficient (Wildman–Crippen LogP) is 6.17. The van der Waals surface area contributed by atoms with Gasteiger partial charge in [0.2, 0.25) is 0 Å². The van der Waals surface area contributed by atoms with Gasteiger partial charge in [0.1, 0.15) is 17.4 Å². The molecule has 2 amide bonds. The SMILES string of the molecule is CCC(c1nc2ccccc2c(=O)n1-c1ccccc1OC)N(CC(C)C)C(=O)Nc1ccccc1F. The first-order valence-corrected chi connectivity index (χ1v) is 12.3. The number of halogens is 1. The lowest BCUT2D eigenvalue weighted by Gasteiger charge is -2.33. The van der Waals surface area contributed by atoms with Crippen molar-refractivity contribution in [2.24, 2.45) is 5.92 Å². The van der Waals surface area contributed by atoms with E-state index in [1.54, 1.807) is 54.5 Å². The van der Waals surface area contributed by atoms with Gasteiger partial charge in [0.25, 0.3) is 5.56 Å². The van der Waals surface area contributed by atoms with E-state index in [-0.39, 0.29) is 17.2 Å². The number of fused-ring (bicyclic) bond motifs is 1. The summed E-state index contributed by atoms with van der Waals surface area (Å²) in [6.45, 7) is 6.30. The van der Waals surface area contributed by atoms with Gasteiger partial charge < -0.3 is 15.0 Å². The molecule has 0 aliphatic carbocycles. The summed E-state index contributed by atoms with van der Waals surface area (Å²) in [6.07, 6.45) is 0.470. The van der Waals surface area contributed by atoms with Gasteiger partial charge in [0.15, 0.2) is 0 Å². The van der Waals surface area contributed by atoms with Crippen molar-refractivity contribution in [2.45, 2.75) is 33.2 Å². The Morgan fingerprint density at radius 2 is 1.73 bits per heavy atom. The zero-order valence-electron chi connectivity index (χ0n) is 21.4. The fourth-order valence-electron chi connectivity index (χ4n) is 4.46. The van der Waals surface area contributed by atoms with Crippen LogP contribution in [0.15, 0.2) is 77.6 Å². The molecule has 4 rings (SSSR count). The molecule has 1 heterocycles. The number of benzene rings is 3. The molecule has 3 aromatic carbocycles. The molecule has 0 saturated heterocycles. The molecule has 0 spiro atoms. The molecular weight excluding hydrogens is 471 g/mol. The van der Waals surface area contributed by atoms with E-state index in [1.807, 2.05) is 39.0 Å².